The molecule has 2 rings (SSSR count). The van der Waals surface area contributed by atoms with E-state index in [-0.39, 0.29) is 4.21 Å². The quantitative estimate of drug-likeness (QED) is 0.925. The van der Waals surface area contributed by atoms with Crippen LogP contribution in [0.3, 0.4) is 0 Å². The number of aryl methyl sites for hydroxylation is 1. The molecule has 0 spiro atoms. The minimum absolute atomic E-state index is 0.252. The van der Waals surface area contributed by atoms with Crippen LogP contribution in [0, 0.1) is 0 Å². The van der Waals surface area contributed by atoms with E-state index in [1.54, 1.807) is 12.1 Å². The number of hydrogen-bond donors (Lipinski definition) is 1. The second-order valence-electron chi connectivity index (χ2n) is 4.89. The van der Waals surface area contributed by atoms with E-state index in [0.29, 0.717) is 13.0 Å². The van der Waals surface area contributed by atoms with E-state index in [4.69, 9.17) is 0 Å². The van der Waals surface area contributed by atoms with Gasteiger partial charge in [-0.1, -0.05) is 19.8 Å². The first kappa shape index (κ1) is 15.5. The monoisotopic (exact) mass is 317 g/mol. The van der Waals surface area contributed by atoms with Gasteiger partial charge in [0.1, 0.15) is 10.3 Å². The van der Waals surface area contributed by atoms with Gasteiger partial charge in [-0.2, -0.15) is 4.31 Å². The van der Waals surface area contributed by atoms with Crippen molar-refractivity contribution < 1.29 is 18.3 Å². The molecule has 1 fully saturated rings. The van der Waals surface area contributed by atoms with Crippen LogP contribution in [-0.4, -0.2) is 36.4 Å². The van der Waals surface area contributed by atoms with Crippen LogP contribution >= 0.6 is 11.3 Å². The van der Waals surface area contributed by atoms with Crippen LogP contribution in [0.4, 0.5) is 0 Å². The third kappa shape index (κ3) is 3.05. The van der Waals surface area contributed by atoms with Gasteiger partial charge >= 0.3 is 5.97 Å². The number of carbonyl (C=O) groups is 1. The van der Waals surface area contributed by atoms with Crippen LogP contribution in [0.1, 0.15) is 37.5 Å². The number of rotatable bonds is 4. The van der Waals surface area contributed by atoms with E-state index in [1.165, 1.54) is 15.6 Å². The molecule has 5 nitrogen and oxygen atoms in total. The molecule has 1 aromatic rings. The van der Waals surface area contributed by atoms with Gasteiger partial charge in [-0.05, 0) is 31.4 Å². The van der Waals surface area contributed by atoms with Crippen molar-refractivity contribution in [2.24, 2.45) is 0 Å². The smallest absolute Gasteiger partial charge is 0.322 e. The molecular weight excluding hydrogens is 298 g/mol. The maximum absolute atomic E-state index is 12.7. The summed E-state index contributed by atoms with van der Waals surface area (Å²) in [5.41, 5.74) is 0. The van der Waals surface area contributed by atoms with Crippen molar-refractivity contribution in [1.82, 2.24) is 4.31 Å². The molecule has 1 saturated heterocycles. The largest absolute Gasteiger partial charge is 0.480 e. The zero-order chi connectivity index (χ0) is 14.8. The minimum Gasteiger partial charge on any atom is -0.480 e. The summed E-state index contributed by atoms with van der Waals surface area (Å²) in [6, 6.07) is 2.45. The Kier molecular flexibility index (Phi) is 4.82. The average molecular weight is 317 g/mol. The Bertz CT molecular complexity index is 579. The Morgan fingerprint density at radius 1 is 1.40 bits per heavy atom. The molecular formula is C13H19NO4S2. The van der Waals surface area contributed by atoms with Gasteiger partial charge in [-0.15, -0.1) is 11.3 Å². The summed E-state index contributed by atoms with van der Waals surface area (Å²) in [6.07, 6.45) is 3.52. The van der Waals surface area contributed by atoms with Gasteiger partial charge in [0, 0.05) is 11.4 Å². The molecule has 1 unspecified atom stereocenters. The van der Waals surface area contributed by atoms with Crippen molar-refractivity contribution in [3.63, 3.8) is 0 Å². The maximum atomic E-state index is 12.7. The molecule has 0 bridgehead atoms. The van der Waals surface area contributed by atoms with Gasteiger partial charge in [0.15, 0.2) is 0 Å². The molecule has 0 aliphatic carbocycles. The van der Waals surface area contributed by atoms with Crippen LogP contribution in [-0.2, 0) is 21.2 Å². The van der Waals surface area contributed by atoms with Crippen LogP contribution < -0.4 is 0 Å². The van der Waals surface area contributed by atoms with Crippen LogP contribution in [0.15, 0.2) is 16.3 Å². The van der Waals surface area contributed by atoms with Gasteiger partial charge in [0.25, 0.3) is 10.0 Å². The molecule has 0 aromatic carbocycles. The Balaban J connectivity index is 2.36. The highest BCUT2D eigenvalue weighted by atomic mass is 32.2. The highest BCUT2D eigenvalue weighted by Crippen LogP contribution is 2.29. The number of sulfonamides is 1. The van der Waals surface area contributed by atoms with Gasteiger partial charge in [0.2, 0.25) is 0 Å². The molecule has 1 N–H and O–H groups in total. The highest BCUT2D eigenvalue weighted by Gasteiger charge is 2.37. The molecule has 1 atom stereocenters. The lowest BCUT2D eigenvalue weighted by Gasteiger charge is -2.25. The summed E-state index contributed by atoms with van der Waals surface area (Å²) in [5.74, 6) is -1.05. The van der Waals surface area contributed by atoms with Crippen molar-refractivity contribution in [3.05, 3.63) is 17.0 Å². The second-order valence-corrected chi connectivity index (χ2v) is 8.18. The van der Waals surface area contributed by atoms with Crippen molar-refractivity contribution in [2.45, 2.75) is 49.3 Å². The van der Waals surface area contributed by atoms with Gasteiger partial charge in [0.05, 0.1) is 0 Å². The summed E-state index contributed by atoms with van der Waals surface area (Å²) < 4.78 is 26.7. The molecule has 7 heteroatoms. The fourth-order valence-electron chi connectivity index (χ4n) is 2.42. The zero-order valence-electron chi connectivity index (χ0n) is 11.4. The molecule has 0 radical (unpaired) electrons. The number of hydrogen-bond acceptors (Lipinski definition) is 4. The fraction of sp³-hybridized carbons (Fsp3) is 0.615. The lowest BCUT2D eigenvalue weighted by molar-refractivity contribution is -0.141. The third-order valence-electron chi connectivity index (χ3n) is 3.54. The predicted octanol–water partition coefficient (Wildman–Crippen LogP) is 2.33. The SMILES string of the molecule is CCc1ccc(S(=O)(=O)N2CCCCCC2C(=O)O)s1. The first-order valence-electron chi connectivity index (χ1n) is 6.80. The Morgan fingerprint density at radius 3 is 2.75 bits per heavy atom. The van der Waals surface area contributed by atoms with Crippen LogP contribution in [0.2, 0.25) is 0 Å². The van der Waals surface area contributed by atoms with Crippen molar-refractivity contribution >= 4 is 27.3 Å². The topological polar surface area (TPSA) is 74.7 Å². The maximum Gasteiger partial charge on any atom is 0.322 e. The molecule has 1 aromatic heterocycles. The number of aliphatic carboxylic acids is 1. The third-order valence-corrected chi connectivity index (χ3v) is 7.14. The van der Waals surface area contributed by atoms with E-state index in [1.807, 2.05) is 6.92 Å². The van der Waals surface area contributed by atoms with Gasteiger partial charge in [-0.3, -0.25) is 4.79 Å². The summed E-state index contributed by atoms with van der Waals surface area (Å²) >= 11 is 1.23. The first-order chi connectivity index (χ1) is 9.46. The van der Waals surface area contributed by atoms with E-state index < -0.39 is 22.0 Å². The fourth-order valence-corrected chi connectivity index (χ4v) is 5.49. The van der Waals surface area contributed by atoms with Crippen LogP contribution in [0.5, 0.6) is 0 Å². The molecule has 112 valence electrons. The molecule has 1 aliphatic rings. The highest BCUT2D eigenvalue weighted by molar-refractivity contribution is 7.91. The zero-order valence-corrected chi connectivity index (χ0v) is 13.0. The first-order valence-corrected chi connectivity index (χ1v) is 9.06. The van der Waals surface area contributed by atoms with E-state index in [2.05, 4.69) is 0 Å². The van der Waals surface area contributed by atoms with E-state index in [0.717, 1.165) is 30.6 Å². The van der Waals surface area contributed by atoms with Crippen molar-refractivity contribution in [1.29, 1.82) is 0 Å². The summed E-state index contributed by atoms with van der Waals surface area (Å²) in [6.45, 7) is 2.26. The van der Waals surface area contributed by atoms with Crippen molar-refractivity contribution in [2.75, 3.05) is 6.54 Å². The number of thiophene rings is 1. The molecule has 20 heavy (non-hydrogen) atoms. The minimum atomic E-state index is -3.70. The predicted molar refractivity (Wildman–Crippen MR) is 77.5 cm³/mol. The Morgan fingerprint density at radius 2 is 2.15 bits per heavy atom. The molecule has 2 heterocycles. The molecule has 0 amide bonds. The van der Waals surface area contributed by atoms with Gasteiger partial charge < -0.3 is 5.11 Å². The van der Waals surface area contributed by atoms with Crippen molar-refractivity contribution in [3.8, 4) is 0 Å². The second kappa shape index (κ2) is 6.24. The van der Waals surface area contributed by atoms with E-state index in [9.17, 15) is 18.3 Å². The molecule has 0 saturated carbocycles. The number of carboxylic acid groups (broad SMARTS) is 1. The van der Waals surface area contributed by atoms with Crippen LogP contribution in [0.25, 0.3) is 0 Å². The van der Waals surface area contributed by atoms with E-state index >= 15 is 0 Å². The Hall–Kier alpha value is -0.920. The van der Waals surface area contributed by atoms with Gasteiger partial charge in [-0.25, -0.2) is 8.42 Å². The Labute approximate surface area is 123 Å². The molecule has 1 aliphatic heterocycles. The summed E-state index contributed by atoms with van der Waals surface area (Å²) in [4.78, 5) is 12.3. The standard InChI is InChI=1S/C13H19NO4S2/c1-2-10-7-8-12(19-10)20(17,18)14-9-5-3-4-6-11(14)13(15)16/h7-8,11H,2-6,9H2,1H3,(H,15,16). The number of nitrogens with zero attached hydrogens (tertiary/aromatic N) is 1. The number of carboxylic acids is 1. The normalized spacial score (nSPS) is 21.6. The summed E-state index contributed by atoms with van der Waals surface area (Å²) in [5, 5.41) is 9.29. The lowest BCUT2D eigenvalue weighted by atomic mass is 10.1. The summed E-state index contributed by atoms with van der Waals surface area (Å²) in [7, 11) is -3.70. The average Bonchev–Trinajstić information content (AvgIpc) is 2.75. The lowest BCUT2D eigenvalue weighted by Crippen LogP contribution is -2.44.